The molecule has 0 saturated heterocycles. The molecule has 3 rings (SSSR count). The highest BCUT2D eigenvalue weighted by Gasteiger charge is 2.20. The number of hydrogen-bond acceptors (Lipinski definition) is 4. The zero-order valence-corrected chi connectivity index (χ0v) is 13.1. The fourth-order valence-corrected chi connectivity index (χ4v) is 3.43. The van der Waals surface area contributed by atoms with Crippen LogP contribution in [0.25, 0.3) is 5.65 Å². The van der Waals surface area contributed by atoms with Crippen molar-refractivity contribution in [2.45, 2.75) is 25.2 Å². The Morgan fingerprint density at radius 2 is 1.86 bits per heavy atom. The van der Waals surface area contributed by atoms with Gasteiger partial charge in [-0.15, -0.1) is 10.2 Å². The molecule has 0 spiro atoms. The van der Waals surface area contributed by atoms with Gasteiger partial charge >= 0.3 is 0 Å². The maximum absolute atomic E-state index is 12.6. The first-order valence-electron chi connectivity index (χ1n) is 6.93. The summed E-state index contributed by atoms with van der Waals surface area (Å²) in [6, 6.07) is 10.5. The summed E-state index contributed by atoms with van der Waals surface area (Å²) in [5, 5.41) is 7.87. The van der Waals surface area contributed by atoms with Crippen molar-refractivity contribution in [3.8, 4) is 0 Å². The van der Waals surface area contributed by atoms with Gasteiger partial charge in [0.05, 0.1) is 0 Å². The Balaban J connectivity index is 2.00. The molecular formula is C15H16N4O2S. The van der Waals surface area contributed by atoms with Gasteiger partial charge < -0.3 is 0 Å². The van der Waals surface area contributed by atoms with E-state index in [9.17, 15) is 8.42 Å². The van der Waals surface area contributed by atoms with Crippen LogP contribution in [0.3, 0.4) is 0 Å². The number of sulfonamides is 1. The number of hydrogen-bond donors (Lipinski definition) is 1. The molecule has 114 valence electrons. The maximum atomic E-state index is 12.6. The lowest BCUT2D eigenvalue weighted by molar-refractivity contribution is 0.601. The Kier molecular flexibility index (Phi) is 3.58. The summed E-state index contributed by atoms with van der Waals surface area (Å²) in [5.74, 6) is 0.638. The van der Waals surface area contributed by atoms with Gasteiger partial charge in [-0.05, 0) is 43.2 Å². The molecule has 0 bridgehead atoms. The summed E-state index contributed by atoms with van der Waals surface area (Å²) < 4.78 is 29.4. The first-order valence-corrected chi connectivity index (χ1v) is 8.41. The highest BCUT2D eigenvalue weighted by Crippen LogP contribution is 2.20. The standard InChI is InChI=1S/C15H16N4O2S/c1-3-12-6-8-13(9-7-12)18-22(20,21)14-5-4-10-19-11(2)16-17-15(14)19/h4-10,18H,3H2,1-2H3. The van der Waals surface area contributed by atoms with Gasteiger partial charge in [-0.3, -0.25) is 9.12 Å². The summed E-state index contributed by atoms with van der Waals surface area (Å²) in [7, 11) is -3.72. The fraction of sp³-hybridized carbons (Fsp3) is 0.200. The maximum Gasteiger partial charge on any atom is 0.265 e. The van der Waals surface area contributed by atoms with Crippen molar-refractivity contribution in [3.63, 3.8) is 0 Å². The molecule has 0 radical (unpaired) electrons. The van der Waals surface area contributed by atoms with Gasteiger partial charge in [0.15, 0.2) is 5.65 Å². The number of anilines is 1. The summed E-state index contributed by atoms with van der Waals surface area (Å²) in [6.45, 7) is 3.82. The average Bonchev–Trinajstić information content (AvgIpc) is 2.89. The lowest BCUT2D eigenvalue weighted by Gasteiger charge is -2.09. The van der Waals surface area contributed by atoms with Crippen molar-refractivity contribution in [1.82, 2.24) is 14.6 Å². The topological polar surface area (TPSA) is 76.4 Å². The molecule has 0 atom stereocenters. The van der Waals surface area contributed by atoms with Crippen LogP contribution in [-0.2, 0) is 16.4 Å². The number of benzene rings is 1. The van der Waals surface area contributed by atoms with E-state index >= 15 is 0 Å². The predicted octanol–water partition coefficient (Wildman–Crippen LogP) is 2.40. The van der Waals surface area contributed by atoms with Gasteiger partial charge in [-0.25, -0.2) is 8.42 Å². The first kappa shape index (κ1) is 14.5. The lowest BCUT2D eigenvalue weighted by atomic mass is 10.2. The first-order chi connectivity index (χ1) is 10.5. The molecule has 0 aliphatic carbocycles. The lowest BCUT2D eigenvalue weighted by Crippen LogP contribution is -2.14. The van der Waals surface area contributed by atoms with Crippen LogP contribution in [0.15, 0.2) is 47.5 Å². The fourth-order valence-electron chi connectivity index (χ4n) is 2.24. The third-order valence-corrected chi connectivity index (χ3v) is 4.88. The highest BCUT2D eigenvalue weighted by atomic mass is 32.2. The molecule has 1 aromatic carbocycles. The Bertz CT molecular complexity index is 914. The predicted molar refractivity (Wildman–Crippen MR) is 84.4 cm³/mol. The number of pyridine rings is 1. The van der Waals surface area contributed by atoms with Crippen molar-refractivity contribution >= 4 is 21.4 Å². The van der Waals surface area contributed by atoms with Crippen LogP contribution in [0.5, 0.6) is 0 Å². The van der Waals surface area contributed by atoms with Crippen molar-refractivity contribution < 1.29 is 8.42 Å². The second kappa shape index (κ2) is 5.42. The third-order valence-electron chi connectivity index (χ3n) is 3.47. The van der Waals surface area contributed by atoms with Crippen LogP contribution in [0.4, 0.5) is 5.69 Å². The number of nitrogens with one attached hydrogen (secondary N) is 1. The molecule has 0 amide bonds. The smallest absolute Gasteiger partial charge is 0.265 e. The SMILES string of the molecule is CCc1ccc(NS(=O)(=O)c2cccn3c(C)nnc23)cc1. The molecule has 0 aliphatic rings. The molecule has 3 aromatic rings. The number of nitrogens with zero attached hydrogens (tertiary/aromatic N) is 3. The van der Waals surface area contributed by atoms with E-state index in [1.54, 1.807) is 35.7 Å². The van der Waals surface area contributed by atoms with Crippen molar-refractivity contribution in [2.75, 3.05) is 4.72 Å². The second-order valence-electron chi connectivity index (χ2n) is 4.97. The van der Waals surface area contributed by atoms with Crippen LogP contribution in [0.1, 0.15) is 18.3 Å². The number of fused-ring (bicyclic) bond motifs is 1. The van der Waals surface area contributed by atoms with E-state index in [0.717, 1.165) is 12.0 Å². The summed E-state index contributed by atoms with van der Waals surface area (Å²) in [6.07, 6.45) is 2.64. The number of rotatable bonds is 4. The molecule has 7 heteroatoms. The highest BCUT2D eigenvalue weighted by molar-refractivity contribution is 7.93. The van der Waals surface area contributed by atoms with Gasteiger partial charge in [-0.1, -0.05) is 19.1 Å². The monoisotopic (exact) mass is 316 g/mol. The van der Waals surface area contributed by atoms with Crippen LogP contribution >= 0.6 is 0 Å². The normalized spacial score (nSPS) is 11.7. The quantitative estimate of drug-likeness (QED) is 0.802. The molecule has 0 fully saturated rings. The molecule has 2 heterocycles. The molecule has 2 aromatic heterocycles. The van der Waals surface area contributed by atoms with Crippen LogP contribution in [-0.4, -0.2) is 23.0 Å². The average molecular weight is 316 g/mol. The van der Waals surface area contributed by atoms with Gasteiger partial charge in [0.2, 0.25) is 0 Å². The summed E-state index contributed by atoms with van der Waals surface area (Å²) in [5.41, 5.74) is 1.99. The minimum atomic E-state index is -3.72. The molecule has 0 saturated carbocycles. The van der Waals surface area contributed by atoms with Gasteiger partial charge in [-0.2, -0.15) is 0 Å². The van der Waals surface area contributed by atoms with Gasteiger partial charge in [0.1, 0.15) is 10.7 Å². The van der Waals surface area contributed by atoms with Crippen molar-refractivity contribution in [1.29, 1.82) is 0 Å². The minimum absolute atomic E-state index is 0.107. The zero-order chi connectivity index (χ0) is 15.7. The van der Waals surface area contributed by atoms with Crippen molar-refractivity contribution in [2.24, 2.45) is 0 Å². The Morgan fingerprint density at radius 1 is 1.14 bits per heavy atom. The van der Waals surface area contributed by atoms with Crippen LogP contribution < -0.4 is 4.72 Å². The summed E-state index contributed by atoms with van der Waals surface area (Å²) >= 11 is 0. The molecule has 6 nitrogen and oxygen atoms in total. The number of aromatic nitrogens is 3. The van der Waals surface area contributed by atoms with Crippen molar-refractivity contribution in [3.05, 3.63) is 54.0 Å². The van der Waals surface area contributed by atoms with E-state index in [2.05, 4.69) is 14.9 Å². The molecular weight excluding hydrogens is 300 g/mol. The minimum Gasteiger partial charge on any atom is -0.286 e. The molecule has 0 aliphatic heterocycles. The molecule has 0 unspecified atom stereocenters. The Labute approximate surface area is 128 Å². The molecule has 22 heavy (non-hydrogen) atoms. The van der Waals surface area contributed by atoms with Gasteiger partial charge in [0.25, 0.3) is 10.0 Å². The van der Waals surface area contributed by atoms with Crippen LogP contribution in [0, 0.1) is 6.92 Å². The largest absolute Gasteiger partial charge is 0.286 e. The van der Waals surface area contributed by atoms with E-state index in [4.69, 9.17) is 0 Å². The van der Waals surface area contributed by atoms with Gasteiger partial charge in [0, 0.05) is 11.9 Å². The zero-order valence-electron chi connectivity index (χ0n) is 12.3. The van der Waals surface area contributed by atoms with E-state index in [0.29, 0.717) is 17.2 Å². The van der Waals surface area contributed by atoms with E-state index in [-0.39, 0.29) is 4.90 Å². The van der Waals surface area contributed by atoms with E-state index in [1.165, 1.54) is 6.07 Å². The van der Waals surface area contributed by atoms with E-state index in [1.807, 2.05) is 19.1 Å². The Morgan fingerprint density at radius 3 is 2.55 bits per heavy atom. The van der Waals surface area contributed by atoms with E-state index < -0.39 is 10.0 Å². The summed E-state index contributed by atoms with van der Waals surface area (Å²) in [4.78, 5) is 0.107. The third kappa shape index (κ3) is 2.55. The number of aryl methyl sites for hydroxylation is 2. The molecule has 1 N–H and O–H groups in total. The Hall–Kier alpha value is -2.41. The van der Waals surface area contributed by atoms with Crippen LogP contribution in [0.2, 0.25) is 0 Å². The second-order valence-corrected chi connectivity index (χ2v) is 6.62.